The van der Waals surface area contributed by atoms with Gasteiger partial charge in [-0.3, -0.25) is 0 Å². The van der Waals surface area contributed by atoms with Gasteiger partial charge in [-0.15, -0.1) is 0 Å². The molecule has 0 amide bonds. The van der Waals surface area contributed by atoms with Crippen molar-refractivity contribution in [1.29, 1.82) is 0 Å². The first-order chi connectivity index (χ1) is 7.92. The molecule has 0 bridgehead atoms. The SMILES string of the molecule is CNCCc1cccnc1N1CCOCC1. The van der Waals surface area contributed by atoms with Gasteiger partial charge in [0.1, 0.15) is 5.82 Å². The van der Waals surface area contributed by atoms with Gasteiger partial charge in [-0.1, -0.05) is 6.07 Å². The van der Waals surface area contributed by atoms with Crippen LogP contribution in [0, 0.1) is 0 Å². The first kappa shape index (κ1) is 11.4. The smallest absolute Gasteiger partial charge is 0.131 e. The number of morpholine rings is 1. The summed E-state index contributed by atoms with van der Waals surface area (Å²) < 4.78 is 5.36. The summed E-state index contributed by atoms with van der Waals surface area (Å²) in [4.78, 5) is 6.81. The highest BCUT2D eigenvalue weighted by Crippen LogP contribution is 2.18. The largest absolute Gasteiger partial charge is 0.378 e. The number of pyridine rings is 1. The van der Waals surface area contributed by atoms with E-state index in [1.165, 1.54) is 5.56 Å². The molecule has 1 N–H and O–H groups in total. The van der Waals surface area contributed by atoms with Crippen LogP contribution in [0.15, 0.2) is 18.3 Å². The molecule has 1 saturated heterocycles. The van der Waals surface area contributed by atoms with Crippen molar-refractivity contribution in [2.75, 3.05) is 44.8 Å². The minimum atomic E-state index is 0.808. The Labute approximate surface area is 96.6 Å². The molecule has 0 atom stereocenters. The molecule has 16 heavy (non-hydrogen) atoms. The minimum Gasteiger partial charge on any atom is -0.378 e. The maximum Gasteiger partial charge on any atom is 0.131 e. The van der Waals surface area contributed by atoms with E-state index >= 15 is 0 Å². The van der Waals surface area contributed by atoms with Gasteiger partial charge in [0.25, 0.3) is 0 Å². The third kappa shape index (κ3) is 2.71. The Morgan fingerprint density at radius 2 is 2.25 bits per heavy atom. The molecule has 0 saturated carbocycles. The second-order valence-electron chi connectivity index (χ2n) is 3.94. The first-order valence-electron chi connectivity index (χ1n) is 5.83. The average molecular weight is 221 g/mol. The van der Waals surface area contributed by atoms with Crippen molar-refractivity contribution in [3.8, 4) is 0 Å². The summed E-state index contributed by atoms with van der Waals surface area (Å²) >= 11 is 0. The van der Waals surface area contributed by atoms with Crippen molar-refractivity contribution in [2.45, 2.75) is 6.42 Å². The summed E-state index contributed by atoms with van der Waals surface area (Å²) in [7, 11) is 1.98. The molecule has 0 aromatic carbocycles. The van der Waals surface area contributed by atoms with Crippen molar-refractivity contribution in [3.63, 3.8) is 0 Å². The summed E-state index contributed by atoms with van der Waals surface area (Å²) in [6.45, 7) is 4.50. The highest BCUT2D eigenvalue weighted by atomic mass is 16.5. The van der Waals surface area contributed by atoms with Crippen LogP contribution in [0.2, 0.25) is 0 Å². The number of rotatable bonds is 4. The highest BCUT2D eigenvalue weighted by molar-refractivity contribution is 5.47. The molecule has 4 heteroatoms. The van der Waals surface area contributed by atoms with Gasteiger partial charge < -0.3 is 15.0 Å². The zero-order valence-corrected chi connectivity index (χ0v) is 9.78. The maximum absolute atomic E-state index is 5.36. The van der Waals surface area contributed by atoms with Gasteiger partial charge in [0.05, 0.1) is 13.2 Å². The standard InChI is InChI=1S/C12H19N3O/c1-13-6-4-11-3-2-5-14-12(11)15-7-9-16-10-8-15/h2-3,5,13H,4,6-10H2,1H3. The van der Waals surface area contributed by atoms with Crippen LogP contribution < -0.4 is 10.2 Å². The van der Waals surface area contributed by atoms with E-state index in [1.54, 1.807) is 0 Å². The second kappa shape index (κ2) is 5.82. The Kier molecular flexibility index (Phi) is 4.13. The van der Waals surface area contributed by atoms with Crippen LogP contribution in [-0.2, 0) is 11.2 Å². The van der Waals surface area contributed by atoms with Crippen LogP contribution in [-0.4, -0.2) is 44.9 Å². The number of nitrogens with one attached hydrogen (secondary N) is 1. The molecular weight excluding hydrogens is 202 g/mol. The number of anilines is 1. The monoisotopic (exact) mass is 221 g/mol. The fourth-order valence-corrected chi connectivity index (χ4v) is 1.94. The molecule has 0 radical (unpaired) electrons. The number of hydrogen-bond acceptors (Lipinski definition) is 4. The number of ether oxygens (including phenoxy) is 1. The van der Waals surface area contributed by atoms with Crippen LogP contribution in [0.5, 0.6) is 0 Å². The fourth-order valence-electron chi connectivity index (χ4n) is 1.94. The molecule has 4 nitrogen and oxygen atoms in total. The lowest BCUT2D eigenvalue weighted by Crippen LogP contribution is -2.37. The van der Waals surface area contributed by atoms with Crippen LogP contribution in [0.3, 0.4) is 0 Å². The Balaban J connectivity index is 2.11. The second-order valence-corrected chi connectivity index (χ2v) is 3.94. The zero-order valence-electron chi connectivity index (χ0n) is 9.78. The Morgan fingerprint density at radius 3 is 3.00 bits per heavy atom. The van der Waals surface area contributed by atoms with E-state index in [0.717, 1.165) is 45.1 Å². The van der Waals surface area contributed by atoms with Crippen molar-refractivity contribution in [2.24, 2.45) is 0 Å². The summed E-state index contributed by atoms with van der Waals surface area (Å²) in [6.07, 6.45) is 2.89. The van der Waals surface area contributed by atoms with Crippen LogP contribution >= 0.6 is 0 Å². The number of aromatic nitrogens is 1. The van der Waals surface area contributed by atoms with Crippen LogP contribution in [0.25, 0.3) is 0 Å². The van der Waals surface area contributed by atoms with Gasteiger partial charge in [0.2, 0.25) is 0 Å². The van der Waals surface area contributed by atoms with Crippen molar-refractivity contribution in [1.82, 2.24) is 10.3 Å². The van der Waals surface area contributed by atoms with Gasteiger partial charge in [0.15, 0.2) is 0 Å². The first-order valence-corrected chi connectivity index (χ1v) is 5.83. The van der Waals surface area contributed by atoms with Gasteiger partial charge in [-0.05, 0) is 31.6 Å². The molecule has 1 aliphatic heterocycles. The number of nitrogens with zero attached hydrogens (tertiary/aromatic N) is 2. The van der Waals surface area contributed by atoms with E-state index in [1.807, 2.05) is 19.3 Å². The third-order valence-electron chi connectivity index (χ3n) is 2.82. The predicted octanol–water partition coefficient (Wildman–Crippen LogP) is 0.680. The van der Waals surface area contributed by atoms with Gasteiger partial charge in [0, 0.05) is 19.3 Å². The van der Waals surface area contributed by atoms with E-state index in [4.69, 9.17) is 4.74 Å². The molecule has 0 spiro atoms. The molecule has 2 rings (SSSR count). The van der Waals surface area contributed by atoms with Crippen molar-refractivity contribution in [3.05, 3.63) is 23.9 Å². The summed E-state index contributed by atoms with van der Waals surface area (Å²) in [5.41, 5.74) is 1.32. The topological polar surface area (TPSA) is 37.4 Å². The zero-order chi connectivity index (χ0) is 11.2. The number of hydrogen-bond donors (Lipinski definition) is 1. The van der Waals surface area contributed by atoms with Gasteiger partial charge in [-0.2, -0.15) is 0 Å². The lowest BCUT2D eigenvalue weighted by atomic mass is 10.1. The van der Waals surface area contributed by atoms with E-state index in [0.29, 0.717) is 0 Å². The van der Waals surface area contributed by atoms with Crippen molar-refractivity contribution >= 4 is 5.82 Å². The Hall–Kier alpha value is -1.13. The van der Waals surface area contributed by atoms with Crippen molar-refractivity contribution < 1.29 is 4.74 Å². The average Bonchev–Trinajstić information content (AvgIpc) is 2.38. The summed E-state index contributed by atoms with van der Waals surface area (Å²) in [5.74, 6) is 1.13. The van der Waals surface area contributed by atoms with E-state index < -0.39 is 0 Å². The van der Waals surface area contributed by atoms with Gasteiger partial charge in [-0.25, -0.2) is 4.98 Å². The molecule has 1 aromatic heterocycles. The molecule has 1 aromatic rings. The molecule has 1 fully saturated rings. The predicted molar refractivity (Wildman–Crippen MR) is 64.9 cm³/mol. The van der Waals surface area contributed by atoms with Gasteiger partial charge >= 0.3 is 0 Å². The quantitative estimate of drug-likeness (QED) is 0.811. The molecular formula is C12H19N3O. The summed E-state index contributed by atoms with van der Waals surface area (Å²) in [5, 5.41) is 3.18. The van der Waals surface area contributed by atoms with E-state index in [2.05, 4.69) is 21.3 Å². The molecule has 0 aliphatic carbocycles. The normalized spacial score (nSPS) is 16.4. The fraction of sp³-hybridized carbons (Fsp3) is 0.583. The minimum absolute atomic E-state index is 0.808. The van der Waals surface area contributed by atoms with Crippen LogP contribution in [0.4, 0.5) is 5.82 Å². The lowest BCUT2D eigenvalue weighted by Gasteiger charge is -2.29. The Bertz CT molecular complexity index is 324. The molecule has 2 heterocycles. The number of likely N-dealkylation sites (N-methyl/N-ethyl adjacent to an activating group) is 1. The van der Waals surface area contributed by atoms with E-state index in [9.17, 15) is 0 Å². The third-order valence-corrected chi connectivity index (χ3v) is 2.82. The summed E-state index contributed by atoms with van der Waals surface area (Å²) in [6, 6.07) is 4.17. The maximum atomic E-state index is 5.36. The molecule has 0 unspecified atom stereocenters. The molecule has 1 aliphatic rings. The highest BCUT2D eigenvalue weighted by Gasteiger charge is 2.15. The lowest BCUT2D eigenvalue weighted by molar-refractivity contribution is 0.122. The van der Waals surface area contributed by atoms with E-state index in [-0.39, 0.29) is 0 Å². The van der Waals surface area contributed by atoms with Crippen LogP contribution in [0.1, 0.15) is 5.56 Å². The Morgan fingerprint density at radius 1 is 1.44 bits per heavy atom. The molecule has 88 valence electrons.